The first-order valence-corrected chi connectivity index (χ1v) is 9.28. The van der Waals surface area contributed by atoms with E-state index in [2.05, 4.69) is 25.1 Å². The van der Waals surface area contributed by atoms with Crippen molar-refractivity contribution < 1.29 is 14.6 Å². The second-order valence-corrected chi connectivity index (χ2v) is 8.93. The number of aryl methyl sites for hydroxylation is 2. The highest BCUT2D eigenvalue weighted by molar-refractivity contribution is 7.12. The minimum Gasteiger partial charge on any atom is -0.479 e. The molecule has 3 rings (SSSR count). The van der Waals surface area contributed by atoms with E-state index in [0.717, 1.165) is 27.3 Å². The fourth-order valence-electron chi connectivity index (χ4n) is 3.44. The van der Waals surface area contributed by atoms with E-state index in [0.29, 0.717) is 0 Å². The summed E-state index contributed by atoms with van der Waals surface area (Å²) in [5.41, 5.74) is 5.02. The molecule has 2 aromatic rings. The lowest BCUT2D eigenvalue weighted by Gasteiger charge is -2.26. The maximum absolute atomic E-state index is 12.0. The topological polar surface area (TPSA) is 46.5 Å². The first kappa shape index (κ1) is 17.9. The second kappa shape index (κ2) is 6.43. The van der Waals surface area contributed by atoms with E-state index < -0.39 is 17.7 Å². The van der Waals surface area contributed by atoms with E-state index >= 15 is 0 Å². The van der Waals surface area contributed by atoms with Crippen LogP contribution >= 0.6 is 11.3 Å². The number of carboxylic acids is 1. The molecule has 0 aliphatic heterocycles. The molecule has 1 atom stereocenters. The Hall–Kier alpha value is -1.91. The van der Waals surface area contributed by atoms with Gasteiger partial charge in [0.15, 0.2) is 6.10 Å². The summed E-state index contributed by atoms with van der Waals surface area (Å²) in [5.74, 6) is -0.937. The molecular weight excluding hydrogens is 332 g/mol. The number of allylic oxidation sites excluding steroid dienone is 1. The molecule has 1 aliphatic rings. The molecule has 0 saturated heterocycles. The van der Waals surface area contributed by atoms with Gasteiger partial charge in [0.25, 0.3) is 0 Å². The summed E-state index contributed by atoms with van der Waals surface area (Å²) in [4.78, 5) is 14.1. The number of ether oxygens (including phenoxy) is 1. The molecule has 0 radical (unpaired) electrons. The van der Waals surface area contributed by atoms with Crippen LogP contribution in [0, 0.1) is 13.8 Å². The number of carboxylic acid groups (broad SMARTS) is 1. The van der Waals surface area contributed by atoms with Gasteiger partial charge in [-0.25, -0.2) is 4.79 Å². The van der Waals surface area contributed by atoms with E-state index in [9.17, 15) is 9.90 Å². The molecule has 132 valence electrons. The Bertz CT molecular complexity index is 853. The fourth-order valence-corrected chi connectivity index (χ4v) is 4.56. The molecule has 0 saturated carbocycles. The van der Waals surface area contributed by atoms with Gasteiger partial charge in [-0.3, -0.25) is 0 Å². The van der Waals surface area contributed by atoms with Crippen LogP contribution in [0.25, 0.3) is 11.6 Å². The Kier molecular flexibility index (Phi) is 4.60. The van der Waals surface area contributed by atoms with Crippen molar-refractivity contribution in [3.63, 3.8) is 0 Å². The summed E-state index contributed by atoms with van der Waals surface area (Å²) in [6, 6.07) is 8.32. The quantitative estimate of drug-likeness (QED) is 0.797. The van der Waals surface area contributed by atoms with Crippen LogP contribution < -0.4 is 0 Å². The number of benzene rings is 1. The molecule has 25 heavy (non-hydrogen) atoms. The molecule has 0 amide bonds. The summed E-state index contributed by atoms with van der Waals surface area (Å²) in [6.45, 7) is 9.73. The van der Waals surface area contributed by atoms with Crippen LogP contribution in [0.1, 0.15) is 58.9 Å². The molecule has 1 N–H and O–H groups in total. The van der Waals surface area contributed by atoms with Crippen LogP contribution in [0.15, 0.2) is 24.3 Å². The zero-order chi connectivity index (χ0) is 18.4. The summed E-state index contributed by atoms with van der Waals surface area (Å²) in [5, 5.41) is 9.82. The number of hydrogen-bond acceptors (Lipinski definition) is 3. The van der Waals surface area contributed by atoms with Crippen LogP contribution in [0.4, 0.5) is 0 Å². The summed E-state index contributed by atoms with van der Waals surface area (Å²) < 4.78 is 5.94. The van der Waals surface area contributed by atoms with Crippen molar-refractivity contribution in [2.75, 3.05) is 0 Å². The van der Waals surface area contributed by atoms with Crippen molar-refractivity contribution in [1.82, 2.24) is 0 Å². The SMILES string of the molecule is Cc1sc(C)c(C(OC(C)(C)C)C(=O)O)c1C1=Cc2ccccc2C1. The second-order valence-electron chi connectivity index (χ2n) is 7.50. The number of carbonyl (C=O) groups is 1. The maximum atomic E-state index is 12.0. The standard InChI is InChI=1S/C21H24O3S/c1-12-17(16-10-14-8-6-7-9-15(14)11-16)18(13(2)25-12)19(20(22)23)24-21(3,4)5/h6-10,19H,11H2,1-5H3,(H,22,23). The predicted molar refractivity (Wildman–Crippen MR) is 103 cm³/mol. The van der Waals surface area contributed by atoms with Crippen LogP contribution in [0.2, 0.25) is 0 Å². The van der Waals surface area contributed by atoms with Gasteiger partial charge in [0.1, 0.15) is 0 Å². The van der Waals surface area contributed by atoms with E-state index in [1.165, 1.54) is 16.7 Å². The monoisotopic (exact) mass is 356 g/mol. The highest BCUT2D eigenvalue weighted by Gasteiger charge is 2.33. The molecule has 3 nitrogen and oxygen atoms in total. The van der Waals surface area contributed by atoms with E-state index in [4.69, 9.17) is 4.74 Å². The molecular formula is C21H24O3S. The summed E-state index contributed by atoms with van der Waals surface area (Å²) >= 11 is 1.65. The van der Waals surface area contributed by atoms with E-state index in [1.807, 2.05) is 39.8 Å². The summed E-state index contributed by atoms with van der Waals surface area (Å²) in [7, 11) is 0. The third-order valence-corrected chi connectivity index (χ3v) is 5.39. The van der Waals surface area contributed by atoms with Gasteiger partial charge >= 0.3 is 5.97 Å². The van der Waals surface area contributed by atoms with Crippen LogP contribution in [0.5, 0.6) is 0 Å². The van der Waals surface area contributed by atoms with Gasteiger partial charge in [-0.15, -0.1) is 11.3 Å². The lowest BCUT2D eigenvalue weighted by atomic mass is 9.95. The lowest BCUT2D eigenvalue weighted by Crippen LogP contribution is -2.28. The third kappa shape index (κ3) is 3.55. The number of hydrogen-bond donors (Lipinski definition) is 1. The predicted octanol–water partition coefficient (Wildman–Crippen LogP) is 5.40. The van der Waals surface area contributed by atoms with Gasteiger partial charge in [-0.05, 0) is 63.3 Å². The number of rotatable bonds is 4. The van der Waals surface area contributed by atoms with Crippen LogP contribution in [0.3, 0.4) is 0 Å². The Labute approximate surface area is 153 Å². The fraction of sp³-hybridized carbons (Fsp3) is 0.381. The average molecular weight is 356 g/mol. The molecule has 1 aliphatic carbocycles. The lowest BCUT2D eigenvalue weighted by molar-refractivity contribution is -0.160. The molecule has 0 spiro atoms. The summed E-state index contributed by atoms with van der Waals surface area (Å²) in [6.07, 6.45) is 2.07. The first-order valence-electron chi connectivity index (χ1n) is 8.46. The highest BCUT2D eigenvalue weighted by Crippen LogP contribution is 2.43. The van der Waals surface area contributed by atoms with Gasteiger partial charge in [0, 0.05) is 15.3 Å². The van der Waals surface area contributed by atoms with Crippen molar-refractivity contribution in [3.8, 4) is 0 Å². The van der Waals surface area contributed by atoms with E-state index in [-0.39, 0.29) is 0 Å². The number of fused-ring (bicyclic) bond motifs is 1. The highest BCUT2D eigenvalue weighted by atomic mass is 32.1. The Morgan fingerprint density at radius 2 is 1.88 bits per heavy atom. The minimum atomic E-state index is -0.954. The normalized spacial score (nSPS) is 15.0. The van der Waals surface area contributed by atoms with Crippen molar-refractivity contribution >= 4 is 29.0 Å². The van der Waals surface area contributed by atoms with Gasteiger partial charge in [-0.2, -0.15) is 0 Å². The molecule has 4 heteroatoms. The van der Waals surface area contributed by atoms with Gasteiger partial charge < -0.3 is 9.84 Å². The Morgan fingerprint density at radius 3 is 2.48 bits per heavy atom. The van der Waals surface area contributed by atoms with Crippen molar-refractivity contribution in [2.45, 2.75) is 52.7 Å². The van der Waals surface area contributed by atoms with E-state index in [1.54, 1.807) is 11.3 Å². The van der Waals surface area contributed by atoms with Crippen molar-refractivity contribution in [1.29, 1.82) is 0 Å². The number of thiophene rings is 1. The number of aliphatic carboxylic acids is 1. The molecule has 1 aromatic carbocycles. The molecule has 1 heterocycles. The first-order chi connectivity index (χ1) is 11.7. The molecule has 0 fully saturated rings. The minimum absolute atomic E-state index is 0.532. The van der Waals surface area contributed by atoms with Gasteiger partial charge in [0.2, 0.25) is 0 Å². The molecule has 1 unspecified atom stereocenters. The van der Waals surface area contributed by atoms with Crippen LogP contribution in [-0.4, -0.2) is 16.7 Å². The van der Waals surface area contributed by atoms with Gasteiger partial charge in [-0.1, -0.05) is 30.3 Å². The van der Waals surface area contributed by atoms with Gasteiger partial charge in [0.05, 0.1) is 5.60 Å². The third-order valence-electron chi connectivity index (χ3n) is 4.35. The van der Waals surface area contributed by atoms with Crippen molar-refractivity contribution in [2.24, 2.45) is 0 Å². The zero-order valence-corrected chi connectivity index (χ0v) is 16.2. The average Bonchev–Trinajstić information content (AvgIpc) is 3.03. The largest absolute Gasteiger partial charge is 0.479 e. The smallest absolute Gasteiger partial charge is 0.337 e. The molecule has 0 bridgehead atoms. The zero-order valence-electron chi connectivity index (χ0n) is 15.3. The maximum Gasteiger partial charge on any atom is 0.337 e. The van der Waals surface area contributed by atoms with Crippen LogP contribution in [-0.2, 0) is 16.0 Å². The molecule has 1 aromatic heterocycles. The Morgan fingerprint density at radius 1 is 1.20 bits per heavy atom. The van der Waals surface area contributed by atoms with Crippen molar-refractivity contribution in [3.05, 3.63) is 56.3 Å². The Balaban J connectivity index is 2.09.